The van der Waals surface area contributed by atoms with Crippen molar-refractivity contribution in [1.82, 2.24) is 0 Å². The molecule has 0 fully saturated rings. The quantitative estimate of drug-likeness (QED) is 0.199. The summed E-state index contributed by atoms with van der Waals surface area (Å²) in [6.07, 6.45) is 15.5. The molecule has 0 bridgehead atoms. The van der Waals surface area contributed by atoms with Crippen LogP contribution in [0.25, 0.3) is 0 Å². The Labute approximate surface area is 186 Å². The Kier molecular flexibility index (Phi) is 22.0. The number of halogens is 1. The van der Waals surface area contributed by atoms with Gasteiger partial charge < -0.3 is 10.3 Å². The Morgan fingerprint density at radius 3 is 1.68 bits per heavy atom. The average molecular weight is 472 g/mol. The molecule has 0 aliphatic rings. The fraction of sp³-hybridized carbons (Fsp3) is 0.700. The standard InChI is InChI=1S/C20H34.IO3.Na/c1-4-5-6-7-8-9-10-11-12-13-16-20-17-14-15-18(2)19(20)3;2-1(3)4;/h14-15,17H,4-13,16H2,1-3H3;;/q;-1;+1. The second kappa shape index (κ2) is 19.6. The number of benzene rings is 1. The van der Waals surface area contributed by atoms with E-state index in [-0.39, 0.29) is 29.6 Å². The Morgan fingerprint density at radius 2 is 1.20 bits per heavy atom. The van der Waals surface area contributed by atoms with Crippen molar-refractivity contribution in [1.29, 1.82) is 0 Å². The Hall–Kier alpha value is 0.830. The van der Waals surface area contributed by atoms with Gasteiger partial charge in [0.05, 0.1) is 0 Å². The molecule has 0 aromatic heterocycles. The maximum atomic E-state index is 8.57. The van der Waals surface area contributed by atoms with E-state index in [1.54, 1.807) is 5.56 Å². The van der Waals surface area contributed by atoms with Crippen LogP contribution in [0.15, 0.2) is 18.2 Å². The molecule has 0 atom stereocenters. The molecule has 5 heteroatoms. The van der Waals surface area contributed by atoms with Gasteiger partial charge in [0.2, 0.25) is 0 Å². The van der Waals surface area contributed by atoms with E-state index >= 15 is 0 Å². The van der Waals surface area contributed by atoms with E-state index in [1.807, 2.05) is 0 Å². The summed E-state index contributed by atoms with van der Waals surface area (Å²) in [6.45, 7) is 6.77. The topological polar surface area (TPSA) is 69.2 Å². The summed E-state index contributed by atoms with van der Waals surface area (Å²) < 4.78 is 25.7. The van der Waals surface area contributed by atoms with Crippen LogP contribution < -0.4 is 60.9 Å². The molecule has 1 aromatic rings. The van der Waals surface area contributed by atoms with Gasteiger partial charge in [-0.25, -0.2) is 0 Å². The Bertz CT molecular complexity index is 411. The number of hydrogen-bond donors (Lipinski definition) is 0. The molecular formula is C20H34INaO3. The van der Waals surface area contributed by atoms with Crippen molar-refractivity contribution in [2.45, 2.75) is 91.4 Å². The molecule has 25 heavy (non-hydrogen) atoms. The minimum Gasteiger partial charge on any atom is -0.427 e. The van der Waals surface area contributed by atoms with Gasteiger partial charge in [0, 0.05) is 0 Å². The third kappa shape index (κ3) is 18.0. The fourth-order valence-corrected chi connectivity index (χ4v) is 2.89. The summed E-state index contributed by atoms with van der Waals surface area (Å²) in [5, 5.41) is 0. The van der Waals surface area contributed by atoms with Crippen LogP contribution in [0, 0.1) is 13.8 Å². The third-order valence-electron chi connectivity index (χ3n) is 4.52. The third-order valence-corrected chi connectivity index (χ3v) is 4.52. The summed E-state index contributed by atoms with van der Waals surface area (Å²) in [7, 11) is 0. The molecule has 0 unspecified atom stereocenters. The summed E-state index contributed by atoms with van der Waals surface area (Å²) in [5.41, 5.74) is 4.50. The first-order valence-electron chi connectivity index (χ1n) is 9.27. The van der Waals surface area contributed by atoms with Gasteiger partial charge in [0.15, 0.2) is 0 Å². The molecule has 1 aromatic carbocycles. The van der Waals surface area contributed by atoms with Crippen molar-refractivity contribution in [3.05, 3.63) is 34.9 Å². The fourth-order valence-electron chi connectivity index (χ4n) is 2.89. The number of hydrogen-bond acceptors (Lipinski definition) is 3. The van der Waals surface area contributed by atoms with E-state index in [2.05, 4.69) is 39.0 Å². The molecular weight excluding hydrogens is 438 g/mol. The summed E-state index contributed by atoms with van der Waals surface area (Å²) in [4.78, 5) is 0. The largest absolute Gasteiger partial charge is 1.00 e. The van der Waals surface area contributed by atoms with Gasteiger partial charge >= 0.3 is 29.6 Å². The van der Waals surface area contributed by atoms with Gasteiger partial charge in [0.1, 0.15) is 0 Å². The molecule has 0 heterocycles. The smallest absolute Gasteiger partial charge is 0.427 e. The zero-order valence-electron chi connectivity index (χ0n) is 16.6. The van der Waals surface area contributed by atoms with Crippen molar-refractivity contribution in [3.63, 3.8) is 0 Å². The van der Waals surface area contributed by atoms with E-state index in [0.29, 0.717) is 0 Å². The zero-order chi connectivity index (χ0) is 18.2. The van der Waals surface area contributed by atoms with Gasteiger partial charge in [-0.1, -0.05) is 82.9 Å². The SMILES string of the molecule is CCCCCCCCCCCCc1cccc(C)c1C.[Na+].[O-][I+2]([O-])[O-]. The van der Waals surface area contributed by atoms with Crippen molar-refractivity contribution in [2.24, 2.45) is 0 Å². The van der Waals surface area contributed by atoms with Crippen LogP contribution in [-0.2, 0) is 6.42 Å². The molecule has 140 valence electrons. The molecule has 0 aliphatic carbocycles. The van der Waals surface area contributed by atoms with E-state index < -0.39 is 21.1 Å². The first kappa shape index (κ1) is 28.0. The molecule has 1 rings (SSSR count). The normalized spacial score (nSPS) is 10.2. The molecule has 0 amide bonds. The predicted molar refractivity (Wildman–Crippen MR) is 91.5 cm³/mol. The van der Waals surface area contributed by atoms with Crippen LogP contribution in [-0.4, -0.2) is 0 Å². The maximum absolute atomic E-state index is 8.57. The van der Waals surface area contributed by atoms with Gasteiger partial charge in [-0.15, -0.1) is 0 Å². The van der Waals surface area contributed by atoms with E-state index in [9.17, 15) is 0 Å². The van der Waals surface area contributed by atoms with E-state index in [4.69, 9.17) is 10.3 Å². The molecule has 0 saturated carbocycles. The second-order valence-electron chi connectivity index (χ2n) is 6.48. The van der Waals surface area contributed by atoms with Crippen LogP contribution in [0.1, 0.15) is 87.8 Å². The molecule has 0 spiro atoms. The van der Waals surface area contributed by atoms with Crippen LogP contribution in [0.3, 0.4) is 0 Å². The second-order valence-corrected chi connectivity index (χ2v) is 7.56. The number of unbranched alkanes of at least 4 members (excludes halogenated alkanes) is 9. The van der Waals surface area contributed by atoms with Crippen molar-refractivity contribution in [2.75, 3.05) is 0 Å². The minimum atomic E-state index is -4.01. The van der Waals surface area contributed by atoms with Gasteiger partial charge in [-0.3, -0.25) is 0 Å². The Morgan fingerprint density at radius 1 is 0.760 bits per heavy atom. The van der Waals surface area contributed by atoms with Crippen LogP contribution in [0.2, 0.25) is 0 Å². The molecule has 0 N–H and O–H groups in total. The van der Waals surface area contributed by atoms with Gasteiger partial charge in [0.25, 0.3) is 21.1 Å². The number of aryl methyl sites for hydroxylation is 2. The van der Waals surface area contributed by atoms with Gasteiger partial charge in [-0.05, 0) is 43.4 Å². The average Bonchev–Trinajstić information content (AvgIpc) is 2.52. The first-order valence-corrected chi connectivity index (χ1v) is 11.9. The summed E-state index contributed by atoms with van der Waals surface area (Å²) in [5.74, 6) is 0. The number of rotatable bonds is 11. The zero-order valence-corrected chi connectivity index (χ0v) is 20.8. The first-order chi connectivity index (χ1) is 11.5. The monoisotopic (exact) mass is 472 g/mol. The molecule has 0 saturated heterocycles. The van der Waals surface area contributed by atoms with Crippen LogP contribution >= 0.6 is 0 Å². The minimum absolute atomic E-state index is 0. The summed E-state index contributed by atoms with van der Waals surface area (Å²) in [6, 6.07) is 6.72. The maximum Gasteiger partial charge on any atom is 1.00 e. The van der Waals surface area contributed by atoms with Crippen molar-refractivity contribution >= 4 is 0 Å². The summed E-state index contributed by atoms with van der Waals surface area (Å²) >= 11 is -4.01. The van der Waals surface area contributed by atoms with Gasteiger partial charge in [-0.2, -0.15) is 0 Å². The molecule has 3 nitrogen and oxygen atoms in total. The van der Waals surface area contributed by atoms with Crippen LogP contribution in [0.4, 0.5) is 0 Å². The molecule has 0 radical (unpaired) electrons. The van der Waals surface area contributed by atoms with Crippen molar-refractivity contribution < 1.29 is 60.9 Å². The van der Waals surface area contributed by atoms with Crippen LogP contribution in [0.5, 0.6) is 0 Å². The Balaban J connectivity index is 0. The van der Waals surface area contributed by atoms with Crippen molar-refractivity contribution in [3.8, 4) is 0 Å². The van der Waals surface area contributed by atoms with E-state index in [1.165, 1.54) is 81.8 Å². The predicted octanol–water partition coefficient (Wildman–Crippen LogP) is -2.79. The molecule has 0 aliphatic heterocycles. The van der Waals surface area contributed by atoms with E-state index in [0.717, 1.165) is 0 Å².